The summed E-state index contributed by atoms with van der Waals surface area (Å²) in [5.41, 5.74) is 2.77. The van der Waals surface area contributed by atoms with Crippen LogP contribution in [0.2, 0.25) is 5.28 Å². The molecule has 0 aliphatic heterocycles. The second kappa shape index (κ2) is 4.51. The Morgan fingerprint density at radius 2 is 2.05 bits per heavy atom. The van der Waals surface area contributed by atoms with Crippen molar-refractivity contribution in [3.8, 4) is 11.6 Å². The van der Waals surface area contributed by atoms with E-state index in [-0.39, 0.29) is 5.28 Å². The maximum Gasteiger partial charge on any atom is 0.234 e. The average Bonchev–Trinajstić information content (AvgIpc) is 2.83. The fraction of sp³-hybridized carbons (Fsp3) is 0.154. The molecule has 0 saturated heterocycles. The SMILES string of the molecule is Cc1cccc(Oc2nc(Cl)nc3[nH]ncc23)c1C. The molecule has 0 aliphatic carbocycles. The highest BCUT2D eigenvalue weighted by atomic mass is 35.5. The zero-order valence-electron chi connectivity index (χ0n) is 10.4. The Morgan fingerprint density at radius 1 is 1.21 bits per heavy atom. The van der Waals surface area contributed by atoms with Gasteiger partial charge in [-0.1, -0.05) is 12.1 Å². The van der Waals surface area contributed by atoms with Crippen molar-refractivity contribution in [2.75, 3.05) is 0 Å². The molecule has 0 amide bonds. The van der Waals surface area contributed by atoms with E-state index in [1.54, 1.807) is 6.20 Å². The molecule has 5 nitrogen and oxygen atoms in total. The number of aryl methyl sites for hydroxylation is 1. The second-order valence-corrected chi connectivity index (χ2v) is 4.57. The summed E-state index contributed by atoms with van der Waals surface area (Å²) in [5.74, 6) is 1.15. The van der Waals surface area contributed by atoms with Crippen LogP contribution in [0.25, 0.3) is 11.0 Å². The van der Waals surface area contributed by atoms with Crippen molar-refractivity contribution in [1.82, 2.24) is 20.2 Å². The molecule has 3 aromatic rings. The Bertz CT molecular complexity index is 753. The molecule has 2 aromatic heterocycles. The summed E-state index contributed by atoms with van der Waals surface area (Å²) >= 11 is 5.87. The van der Waals surface area contributed by atoms with Crippen LogP contribution in [0, 0.1) is 13.8 Å². The molecular formula is C13H11ClN4O. The van der Waals surface area contributed by atoms with Gasteiger partial charge in [0.1, 0.15) is 11.1 Å². The molecule has 1 aromatic carbocycles. The van der Waals surface area contributed by atoms with Crippen molar-refractivity contribution in [3.05, 3.63) is 40.8 Å². The summed E-state index contributed by atoms with van der Waals surface area (Å²) < 4.78 is 5.85. The van der Waals surface area contributed by atoms with Crippen molar-refractivity contribution >= 4 is 22.6 Å². The van der Waals surface area contributed by atoms with Gasteiger partial charge in [0.05, 0.1) is 6.20 Å². The Morgan fingerprint density at radius 3 is 2.89 bits per heavy atom. The van der Waals surface area contributed by atoms with Gasteiger partial charge in [0.2, 0.25) is 11.2 Å². The van der Waals surface area contributed by atoms with Gasteiger partial charge in [0.25, 0.3) is 0 Å². The first-order valence-electron chi connectivity index (χ1n) is 5.76. The number of hydrogen-bond donors (Lipinski definition) is 1. The fourth-order valence-electron chi connectivity index (χ4n) is 1.80. The number of nitrogens with zero attached hydrogens (tertiary/aromatic N) is 3. The first-order chi connectivity index (χ1) is 9.15. The van der Waals surface area contributed by atoms with Gasteiger partial charge in [-0.2, -0.15) is 15.1 Å². The highest BCUT2D eigenvalue weighted by Gasteiger charge is 2.12. The number of aromatic amines is 1. The summed E-state index contributed by atoms with van der Waals surface area (Å²) in [5, 5.41) is 7.49. The van der Waals surface area contributed by atoms with E-state index in [4.69, 9.17) is 16.3 Å². The minimum Gasteiger partial charge on any atom is -0.438 e. The zero-order valence-corrected chi connectivity index (χ0v) is 11.2. The maximum absolute atomic E-state index is 5.87. The molecule has 96 valence electrons. The number of ether oxygens (including phenoxy) is 1. The lowest BCUT2D eigenvalue weighted by molar-refractivity contribution is 0.464. The summed E-state index contributed by atoms with van der Waals surface area (Å²) in [6, 6.07) is 5.86. The molecule has 0 atom stereocenters. The van der Waals surface area contributed by atoms with Gasteiger partial charge in [-0.3, -0.25) is 5.10 Å². The highest BCUT2D eigenvalue weighted by Crippen LogP contribution is 2.30. The fourth-order valence-corrected chi connectivity index (χ4v) is 1.96. The van der Waals surface area contributed by atoms with Gasteiger partial charge < -0.3 is 4.74 Å². The van der Waals surface area contributed by atoms with Gasteiger partial charge in [-0.25, -0.2) is 0 Å². The quantitative estimate of drug-likeness (QED) is 0.727. The van der Waals surface area contributed by atoms with Crippen molar-refractivity contribution in [1.29, 1.82) is 0 Å². The Kier molecular flexibility index (Phi) is 2.83. The summed E-state index contributed by atoms with van der Waals surface area (Å²) in [6.07, 6.45) is 1.62. The normalized spacial score (nSPS) is 10.9. The van der Waals surface area contributed by atoms with Crippen molar-refractivity contribution in [2.24, 2.45) is 0 Å². The summed E-state index contributed by atoms with van der Waals surface area (Å²) in [7, 11) is 0. The number of H-pyrrole nitrogens is 1. The molecule has 1 N–H and O–H groups in total. The first-order valence-corrected chi connectivity index (χ1v) is 6.13. The third-order valence-electron chi connectivity index (χ3n) is 3.01. The van der Waals surface area contributed by atoms with Crippen LogP contribution in [0.4, 0.5) is 0 Å². The van der Waals surface area contributed by atoms with Crippen LogP contribution in [-0.4, -0.2) is 20.2 Å². The molecule has 19 heavy (non-hydrogen) atoms. The lowest BCUT2D eigenvalue weighted by Gasteiger charge is -2.10. The largest absolute Gasteiger partial charge is 0.438 e. The van der Waals surface area contributed by atoms with E-state index >= 15 is 0 Å². The standard InChI is InChI=1S/C13H11ClN4O/c1-7-4-3-5-10(8(7)2)19-12-9-6-15-18-11(9)16-13(14)17-12/h3-6H,1-2H3,(H,15,16,17,18). The van der Waals surface area contributed by atoms with E-state index in [1.807, 2.05) is 32.0 Å². The van der Waals surface area contributed by atoms with Crippen LogP contribution >= 0.6 is 11.6 Å². The number of fused-ring (bicyclic) bond motifs is 1. The van der Waals surface area contributed by atoms with Gasteiger partial charge in [0, 0.05) is 0 Å². The molecule has 2 heterocycles. The Labute approximate surface area is 114 Å². The summed E-state index contributed by atoms with van der Waals surface area (Å²) in [4.78, 5) is 8.15. The van der Waals surface area contributed by atoms with Crippen LogP contribution in [0.5, 0.6) is 11.6 Å². The third-order valence-corrected chi connectivity index (χ3v) is 3.18. The molecule has 0 aliphatic rings. The van der Waals surface area contributed by atoms with Crippen LogP contribution in [0.1, 0.15) is 11.1 Å². The van der Waals surface area contributed by atoms with Crippen LogP contribution in [-0.2, 0) is 0 Å². The molecule has 0 unspecified atom stereocenters. The smallest absolute Gasteiger partial charge is 0.234 e. The van der Waals surface area contributed by atoms with Crippen LogP contribution in [0.15, 0.2) is 24.4 Å². The molecule has 6 heteroatoms. The lowest BCUT2D eigenvalue weighted by Crippen LogP contribution is -1.94. The molecule has 0 saturated carbocycles. The zero-order chi connectivity index (χ0) is 13.4. The molecule has 3 rings (SSSR count). The average molecular weight is 275 g/mol. The van der Waals surface area contributed by atoms with Crippen LogP contribution < -0.4 is 4.74 Å². The Balaban J connectivity index is 2.10. The van der Waals surface area contributed by atoms with Gasteiger partial charge in [-0.05, 0) is 42.6 Å². The summed E-state index contributed by atoms with van der Waals surface area (Å²) in [6.45, 7) is 4.03. The predicted octanol–water partition coefficient (Wildman–Crippen LogP) is 3.42. The molecule has 0 bridgehead atoms. The van der Waals surface area contributed by atoms with E-state index in [2.05, 4.69) is 20.2 Å². The van der Waals surface area contributed by atoms with Gasteiger partial charge >= 0.3 is 0 Å². The highest BCUT2D eigenvalue weighted by molar-refractivity contribution is 6.28. The predicted molar refractivity (Wildman–Crippen MR) is 72.7 cm³/mol. The topological polar surface area (TPSA) is 63.7 Å². The number of rotatable bonds is 2. The van der Waals surface area contributed by atoms with Crippen LogP contribution in [0.3, 0.4) is 0 Å². The number of benzene rings is 1. The maximum atomic E-state index is 5.87. The lowest BCUT2D eigenvalue weighted by atomic mass is 10.1. The van der Waals surface area contributed by atoms with E-state index in [0.717, 1.165) is 16.9 Å². The monoisotopic (exact) mass is 274 g/mol. The first kappa shape index (κ1) is 11.9. The molecule has 0 radical (unpaired) electrons. The van der Waals surface area contributed by atoms with Crippen molar-refractivity contribution in [2.45, 2.75) is 13.8 Å². The number of nitrogens with one attached hydrogen (secondary N) is 1. The third kappa shape index (κ3) is 2.13. The Hall–Kier alpha value is -2.14. The van der Waals surface area contributed by atoms with Gasteiger partial charge in [-0.15, -0.1) is 0 Å². The number of hydrogen-bond acceptors (Lipinski definition) is 4. The van der Waals surface area contributed by atoms with Crippen molar-refractivity contribution < 1.29 is 4.74 Å². The van der Waals surface area contributed by atoms with Gasteiger partial charge in [0.15, 0.2) is 5.65 Å². The minimum absolute atomic E-state index is 0.122. The minimum atomic E-state index is 0.122. The van der Waals surface area contributed by atoms with E-state index < -0.39 is 0 Å². The van der Waals surface area contributed by atoms with E-state index in [9.17, 15) is 0 Å². The molecular weight excluding hydrogens is 264 g/mol. The van der Waals surface area contributed by atoms with E-state index in [1.165, 1.54) is 0 Å². The van der Waals surface area contributed by atoms with E-state index in [0.29, 0.717) is 16.9 Å². The number of halogens is 1. The molecule has 0 spiro atoms. The molecule has 0 fully saturated rings. The second-order valence-electron chi connectivity index (χ2n) is 4.23. The number of aromatic nitrogens is 4. The van der Waals surface area contributed by atoms with Crippen molar-refractivity contribution in [3.63, 3.8) is 0 Å².